The van der Waals surface area contributed by atoms with Gasteiger partial charge in [-0.05, 0) is 46.1 Å². The monoisotopic (exact) mass is 272 g/mol. The van der Waals surface area contributed by atoms with E-state index in [0.29, 0.717) is 5.41 Å². The second kappa shape index (κ2) is 7.58. The van der Waals surface area contributed by atoms with Crippen LogP contribution in [0.2, 0.25) is 0 Å². The van der Waals surface area contributed by atoms with Gasteiger partial charge in [0, 0.05) is 45.5 Å². The summed E-state index contributed by atoms with van der Waals surface area (Å²) in [6.45, 7) is 12.5. The standard InChI is InChI=1S/C15H32N2O2/c1-14(2,3)16-12-15(6-9-19-10-7-15)13-17(4)8-11-18-5/h16H,6-13H2,1-5H3. The minimum absolute atomic E-state index is 0.177. The lowest BCUT2D eigenvalue weighted by Crippen LogP contribution is -2.50. The first-order chi connectivity index (χ1) is 8.87. The predicted molar refractivity (Wildman–Crippen MR) is 79.6 cm³/mol. The number of methoxy groups -OCH3 is 1. The number of rotatable bonds is 7. The molecule has 1 saturated heterocycles. The summed E-state index contributed by atoms with van der Waals surface area (Å²) in [7, 11) is 3.95. The Balaban J connectivity index is 2.54. The topological polar surface area (TPSA) is 33.7 Å². The highest BCUT2D eigenvalue weighted by Crippen LogP contribution is 2.31. The second-order valence-electron chi connectivity index (χ2n) is 6.95. The Labute approximate surface area is 118 Å². The van der Waals surface area contributed by atoms with Crippen LogP contribution in [0, 0.1) is 5.41 Å². The second-order valence-corrected chi connectivity index (χ2v) is 6.95. The van der Waals surface area contributed by atoms with Crippen LogP contribution in [0.25, 0.3) is 0 Å². The van der Waals surface area contributed by atoms with Gasteiger partial charge in [0.05, 0.1) is 6.61 Å². The van der Waals surface area contributed by atoms with Gasteiger partial charge < -0.3 is 19.7 Å². The molecule has 1 N–H and O–H groups in total. The first-order valence-corrected chi connectivity index (χ1v) is 7.37. The third-order valence-corrected chi connectivity index (χ3v) is 3.83. The molecule has 4 nitrogen and oxygen atoms in total. The van der Waals surface area contributed by atoms with E-state index in [1.54, 1.807) is 7.11 Å². The van der Waals surface area contributed by atoms with Crippen LogP contribution in [0.15, 0.2) is 0 Å². The number of ether oxygens (including phenoxy) is 2. The fourth-order valence-corrected chi connectivity index (χ4v) is 2.55. The van der Waals surface area contributed by atoms with Crippen molar-refractivity contribution < 1.29 is 9.47 Å². The molecule has 0 aromatic rings. The highest BCUT2D eigenvalue weighted by atomic mass is 16.5. The van der Waals surface area contributed by atoms with Crippen LogP contribution in [0.1, 0.15) is 33.6 Å². The minimum atomic E-state index is 0.177. The maximum Gasteiger partial charge on any atom is 0.0589 e. The molecule has 0 spiro atoms. The molecule has 0 saturated carbocycles. The first kappa shape index (κ1) is 16.9. The van der Waals surface area contributed by atoms with Crippen molar-refractivity contribution in [3.8, 4) is 0 Å². The Morgan fingerprint density at radius 3 is 2.42 bits per heavy atom. The molecule has 0 atom stereocenters. The fourth-order valence-electron chi connectivity index (χ4n) is 2.55. The zero-order valence-electron chi connectivity index (χ0n) is 13.4. The third-order valence-electron chi connectivity index (χ3n) is 3.83. The summed E-state index contributed by atoms with van der Waals surface area (Å²) >= 11 is 0. The van der Waals surface area contributed by atoms with E-state index in [0.717, 1.165) is 52.3 Å². The van der Waals surface area contributed by atoms with Crippen molar-refractivity contribution >= 4 is 0 Å². The lowest BCUT2D eigenvalue weighted by molar-refractivity contribution is -0.00588. The lowest BCUT2D eigenvalue weighted by atomic mass is 9.79. The molecule has 0 unspecified atom stereocenters. The molecule has 4 heteroatoms. The van der Waals surface area contributed by atoms with E-state index < -0.39 is 0 Å². The summed E-state index contributed by atoms with van der Waals surface area (Å²) in [5.41, 5.74) is 0.518. The van der Waals surface area contributed by atoms with Crippen molar-refractivity contribution in [2.24, 2.45) is 5.41 Å². The SMILES string of the molecule is COCCN(C)CC1(CNC(C)(C)C)CCOCC1. The molecule has 0 amide bonds. The van der Waals surface area contributed by atoms with Crippen molar-refractivity contribution in [2.75, 3.05) is 53.6 Å². The molecular weight excluding hydrogens is 240 g/mol. The Morgan fingerprint density at radius 2 is 1.89 bits per heavy atom. The van der Waals surface area contributed by atoms with Gasteiger partial charge in [-0.1, -0.05) is 0 Å². The molecule has 114 valence electrons. The summed E-state index contributed by atoms with van der Waals surface area (Å²) < 4.78 is 10.7. The molecule has 0 aromatic heterocycles. The van der Waals surface area contributed by atoms with Crippen molar-refractivity contribution in [1.29, 1.82) is 0 Å². The number of nitrogens with one attached hydrogen (secondary N) is 1. The molecule has 0 aliphatic carbocycles. The average molecular weight is 272 g/mol. The van der Waals surface area contributed by atoms with E-state index in [2.05, 4.69) is 38.0 Å². The highest BCUT2D eigenvalue weighted by Gasteiger charge is 2.34. The minimum Gasteiger partial charge on any atom is -0.383 e. The maximum atomic E-state index is 5.55. The van der Waals surface area contributed by atoms with E-state index in [4.69, 9.17) is 9.47 Å². The normalized spacial score (nSPS) is 19.9. The summed E-state index contributed by atoms with van der Waals surface area (Å²) in [6, 6.07) is 0. The summed E-state index contributed by atoms with van der Waals surface area (Å²) in [5.74, 6) is 0. The Hall–Kier alpha value is -0.160. The highest BCUT2D eigenvalue weighted by molar-refractivity contribution is 4.89. The van der Waals surface area contributed by atoms with Crippen LogP contribution in [0.5, 0.6) is 0 Å². The number of hydrogen-bond donors (Lipinski definition) is 1. The zero-order valence-corrected chi connectivity index (χ0v) is 13.4. The lowest BCUT2D eigenvalue weighted by Gasteiger charge is -2.42. The van der Waals surface area contributed by atoms with Gasteiger partial charge >= 0.3 is 0 Å². The number of likely N-dealkylation sites (N-methyl/N-ethyl adjacent to an activating group) is 1. The number of hydrogen-bond acceptors (Lipinski definition) is 4. The predicted octanol–water partition coefficient (Wildman–Crippen LogP) is 1.75. The van der Waals surface area contributed by atoms with E-state index in [1.807, 2.05) is 0 Å². The van der Waals surface area contributed by atoms with E-state index in [9.17, 15) is 0 Å². The molecule has 1 fully saturated rings. The van der Waals surface area contributed by atoms with Crippen LogP contribution < -0.4 is 5.32 Å². The molecule has 0 aromatic carbocycles. The van der Waals surface area contributed by atoms with Gasteiger partial charge in [-0.25, -0.2) is 0 Å². The Morgan fingerprint density at radius 1 is 1.26 bits per heavy atom. The Kier molecular flexibility index (Phi) is 6.74. The quantitative estimate of drug-likeness (QED) is 0.765. The van der Waals surface area contributed by atoms with Crippen LogP contribution in [0.3, 0.4) is 0 Å². The first-order valence-electron chi connectivity index (χ1n) is 7.37. The van der Waals surface area contributed by atoms with Crippen molar-refractivity contribution in [3.63, 3.8) is 0 Å². The molecule has 1 aliphatic rings. The maximum absolute atomic E-state index is 5.55. The largest absolute Gasteiger partial charge is 0.383 e. The molecular formula is C15H32N2O2. The summed E-state index contributed by atoms with van der Waals surface area (Å²) in [4.78, 5) is 2.39. The zero-order chi connectivity index (χ0) is 14.4. The van der Waals surface area contributed by atoms with Crippen molar-refractivity contribution in [3.05, 3.63) is 0 Å². The molecule has 1 rings (SSSR count). The molecule has 19 heavy (non-hydrogen) atoms. The molecule has 1 heterocycles. The van der Waals surface area contributed by atoms with Crippen molar-refractivity contribution in [2.45, 2.75) is 39.2 Å². The van der Waals surface area contributed by atoms with E-state index in [1.165, 1.54) is 0 Å². The van der Waals surface area contributed by atoms with Gasteiger partial charge in [-0.3, -0.25) is 0 Å². The van der Waals surface area contributed by atoms with Crippen LogP contribution in [-0.2, 0) is 9.47 Å². The van der Waals surface area contributed by atoms with Gasteiger partial charge in [-0.15, -0.1) is 0 Å². The van der Waals surface area contributed by atoms with Gasteiger partial charge in [0.1, 0.15) is 0 Å². The van der Waals surface area contributed by atoms with Crippen LogP contribution in [-0.4, -0.2) is 64.1 Å². The van der Waals surface area contributed by atoms with Crippen LogP contribution in [0.4, 0.5) is 0 Å². The third kappa shape index (κ3) is 6.70. The molecule has 0 radical (unpaired) electrons. The fraction of sp³-hybridized carbons (Fsp3) is 1.00. The average Bonchev–Trinajstić information content (AvgIpc) is 2.34. The van der Waals surface area contributed by atoms with Gasteiger partial charge in [0.15, 0.2) is 0 Å². The van der Waals surface area contributed by atoms with Crippen molar-refractivity contribution in [1.82, 2.24) is 10.2 Å². The van der Waals surface area contributed by atoms with Crippen LogP contribution >= 0.6 is 0 Å². The summed E-state index contributed by atoms with van der Waals surface area (Å²) in [6.07, 6.45) is 2.29. The number of nitrogens with zero attached hydrogens (tertiary/aromatic N) is 1. The summed E-state index contributed by atoms with van der Waals surface area (Å²) in [5, 5.41) is 3.68. The molecule has 0 bridgehead atoms. The smallest absolute Gasteiger partial charge is 0.0589 e. The van der Waals surface area contributed by atoms with E-state index >= 15 is 0 Å². The Bertz CT molecular complexity index is 245. The van der Waals surface area contributed by atoms with Gasteiger partial charge in [0.2, 0.25) is 0 Å². The van der Waals surface area contributed by atoms with E-state index in [-0.39, 0.29) is 5.54 Å². The molecule has 1 aliphatic heterocycles. The van der Waals surface area contributed by atoms with Gasteiger partial charge in [0.25, 0.3) is 0 Å². The van der Waals surface area contributed by atoms with Gasteiger partial charge in [-0.2, -0.15) is 0 Å².